The van der Waals surface area contributed by atoms with Gasteiger partial charge in [-0.15, -0.1) is 24.0 Å². The minimum atomic E-state index is 0. The third-order valence-electron chi connectivity index (χ3n) is 5.41. The highest BCUT2D eigenvalue weighted by atomic mass is 127. The maximum Gasteiger partial charge on any atom is 0.224 e. The molecule has 1 atom stereocenters. The van der Waals surface area contributed by atoms with E-state index in [0.29, 0.717) is 18.0 Å². The van der Waals surface area contributed by atoms with Gasteiger partial charge in [0.05, 0.1) is 19.3 Å². The van der Waals surface area contributed by atoms with Crippen LogP contribution in [0.3, 0.4) is 0 Å². The van der Waals surface area contributed by atoms with E-state index >= 15 is 0 Å². The standard InChI is InChI=1S/C21H32ClN5O2.HI/c1-3-23-21(24-10-8-20(28)26-11-4-5-12-26)25-17-9-13-27(15-17)18-14-16(22)6-7-19(18)29-2;/h6-7,14,17H,3-5,8-13,15H2,1-2H3,(H2,23,24,25);1H. The van der Waals surface area contributed by atoms with Crippen LogP contribution in [-0.4, -0.2) is 69.2 Å². The first-order valence-electron chi connectivity index (χ1n) is 10.5. The molecule has 2 heterocycles. The zero-order valence-corrected chi connectivity index (χ0v) is 20.9. The summed E-state index contributed by atoms with van der Waals surface area (Å²) in [4.78, 5) is 21.0. The number of likely N-dealkylation sites (tertiary alicyclic amines) is 1. The summed E-state index contributed by atoms with van der Waals surface area (Å²) in [6.07, 6.45) is 3.70. The number of ether oxygens (including phenoxy) is 1. The van der Waals surface area contributed by atoms with Gasteiger partial charge in [-0.1, -0.05) is 11.6 Å². The summed E-state index contributed by atoms with van der Waals surface area (Å²) < 4.78 is 5.49. The molecule has 2 fully saturated rings. The molecule has 7 nitrogen and oxygen atoms in total. The molecular formula is C21H33ClIN5O2. The number of nitrogens with zero attached hydrogens (tertiary/aromatic N) is 3. The van der Waals surface area contributed by atoms with Gasteiger partial charge in [-0.05, 0) is 44.4 Å². The van der Waals surface area contributed by atoms with Gasteiger partial charge in [0.2, 0.25) is 5.91 Å². The third kappa shape index (κ3) is 6.80. The number of aliphatic imine (C=N–C) groups is 1. The van der Waals surface area contributed by atoms with Gasteiger partial charge in [0.15, 0.2) is 5.96 Å². The van der Waals surface area contributed by atoms with Crippen LogP contribution in [0.15, 0.2) is 23.2 Å². The van der Waals surface area contributed by atoms with Gasteiger partial charge < -0.3 is 25.2 Å². The predicted octanol–water partition coefficient (Wildman–Crippen LogP) is 3.11. The van der Waals surface area contributed by atoms with Crippen LogP contribution in [0.1, 0.15) is 32.6 Å². The van der Waals surface area contributed by atoms with Crippen molar-refractivity contribution < 1.29 is 9.53 Å². The van der Waals surface area contributed by atoms with E-state index in [1.165, 1.54) is 0 Å². The van der Waals surface area contributed by atoms with Crippen molar-refractivity contribution in [1.82, 2.24) is 15.5 Å². The summed E-state index contributed by atoms with van der Waals surface area (Å²) in [5.74, 6) is 1.81. The van der Waals surface area contributed by atoms with Crippen molar-refractivity contribution in [2.24, 2.45) is 4.99 Å². The van der Waals surface area contributed by atoms with Crippen LogP contribution in [0.2, 0.25) is 5.02 Å². The summed E-state index contributed by atoms with van der Waals surface area (Å²) >= 11 is 6.19. The van der Waals surface area contributed by atoms with Gasteiger partial charge in [-0.2, -0.15) is 0 Å². The molecule has 0 spiro atoms. The Bertz CT molecular complexity index is 727. The van der Waals surface area contributed by atoms with E-state index in [2.05, 4.69) is 20.5 Å². The van der Waals surface area contributed by atoms with E-state index in [1.807, 2.05) is 30.0 Å². The first kappa shape index (κ1) is 24.8. The molecule has 1 aromatic carbocycles. The summed E-state index contributed by atoms with van der Waals surface area (Å²) in [7, 11) is 1.68. The van der Waals surface area contributed by atoms with Gasteiger partial charge in [-0.25, -0.2) is 0 Å². The molecule has 1 unspecified atom stereocenters. The van der Waals surface area contributed by atoms with Crippen LogP contribution in [0.4, 0.5) is 5.69 Å². The zero-order valence-electron chi connectivity index (χ0n) is 17.8. The van der Waals surface area contributed by atoms with Crippen LogP contribution in [-0.2, 0) is 4.79 Å². The van der Waals surface area contributed by atoms with Crippen molar-refractivity contribution in [1.29, 1.82) is 0 Å². The highest BCUT2D eigenvalue weighted by Gasteiger charge is 2.25. The molecule has 0 bridgehead atoms. The minimum absolute atomic E-state index is 0. The van der Waals surface area contributed by atoms with Crippen molar-refractivity contribution in [2.75, 3.05) is 51.3 Å². The van der Waals surface area contributed by atoms with Crippen LogP contribution < -0.4 is 20.3 Å². The van der Waals surface area contributed by atoms with E-state index in [9.17, 15) is 4.79 Å². The number of hydrogen-bond acceptors (Lipinski definition) is 4. The van der Waals surface area contributed by atoms with Crippen molar-refractivity contribution >= 4 is 53.1 Å². The van der Waals surface area contributed by atoms with Gasteiger partial charge in [0.1, 0.15) is 5.75 Å². The fraction of sp³-hybridized carbons (Fsp3) is 0.619. The van der Waals surface area contributed by atoms with Gasteiger partial charge in [-0.3, -0.25) is 9.79 Å². The molecule has 2 N–H and O–H groups in total. The number of halogens is 2. The molecule has 0 saturated carbocycles. The number of anilines is 1. The number of amides is 1. The van der Waals surface area contributed by atoms with E-state index in [0.717, 1.165) is 69.4 Å². The normalized spacial score (nSPS) is 18.9. The monoisotopic (exact) mass is 549 g/mol. The molecule has 168 valence electrons. The lowest BCUT2D eigenvalue weighted by atomic mass is 10.2. The Labute approximate surface area is 201 Å². The van der Waals surface area contributed by atoms with Crippen molar-refractivity contribution in [3.05, 3.63) is 23.2 Å². The minimum Gasteiger partial charge on any atom is -0.495 e. The van der Waals surface area contributed by atoms with E-state index in [-0.39, 0.29) is 35.9 Å². The lowest BCUT2D eigenvalue weighted by molar-refractivity contribution is -0.129. The quantitative estimate of drug-likeness (QED) is 0.311. The van der Waals surface area contributed by atoms with Crippen LogP contribution >= 0.6 is 35.6 Å². The van der Waals surface area contributed by atoms with Crippen molar-refractivity contribution in [3.8, 4) is 5.75 Å². The number of carbonyl (C=O) groups is 1. The Morgan fingerprint density at radius 2 is 2.07 bits per heavy atom. The van der Waals surface area contributed by atoms with Crippen LogP contribution in [0.5, 0.6) is 5.75 Å². The van der Waals surface area contributed by atoms with Gasteiger partial charge in [0, 0.05) is 50.2 Å². The highest BCUT2D eigenvalue weighted by Crippen LogP contribution is 2.33. The molecule has 9 heteroatoms. The largest absolute Gasteiger partial charge is 0.495 e. The average Bonchev–Trinajstić information content (AvgIpc) is 3.40. The van der Waals surface area contributed by atoms with E-state index < -0.39 is 0 Å². The molecule has 2 aliphatic rings. The topological polar surface area (TPSA) is 69.2 Å². The lowest BCUT2D eigenvalue weighted by Crippen LogP contribution is -2.44. The Balaban J connectivity index is 0.00000320. The summed E-state index contributed by atoms with van der Waals surface area (Å²) in [6.45, 7) is 6.88. The van der Waals surface area contributed by atoms with Crippen LogP contribution in [0, 0.1) is 0 Å². The van der Waals surface area contributed by atoms with Crippen molar-refractivity contribution in [2.45, 2.75) is 38.6 Å². The molecule has 0 aromatic heterocycles. The molecule has 1 amide bonds. The zero-order chi connectivity index (χ0) is 20.6. The molecule has 2 saturated heterocycles. The smallest absolute Gasteiger partial charge is 0.224 e. The number of guanidine groups is 1. The second kappa shape index (κ2) is 12.4. The van der Waals surface area contributed by atoms with E-state index in [1.54, 1.807) is 7.11 Å². The summed E-state index contributed by atoms with van der Waals surface area (Å²) in [5.41, 5.74) is 1.02. The van der Waals surface area contributed by atoms with Crippen molar-refractivity contribution in [3.63, 3.8) is 0 Å². The number of benzene rings is 1. The first-order chi connectivity index (χ1) is 14.1. The highest BCUT2D eigenvalue weighted by molar-refractivity contribution is 14.0. The van der Waals surface area contributed by atoms with E-state index in [4.69, 9.17) is 16.3 Å². The molecule has 1 aromatic rings. The number of hydrogen-bond donors (Lipinski definition) is 2. The Kier molecular flexibility index (Phi) is 10.3. The summed E-state index contributed by atoms with van der Waals surface area (Å²) in [5, 5.41) is 7.50. The second-order valence-corrected chi connectivity index (χ2v) is 7.93. The Morgan fingerprint density at radius 1 is 1.30 bits per heavy atom. The first-order valence-corrected chi connectivity index (χ1v) is 10.9. The summed E-state index contributed by atoms with van der Waals surface area (Å²) in [6, 6.07) is 5.97. The molecule has 0 aliphatic carbocycles. The molecule has 3 rings (SSSR count). The molecule has 0 radical (unpaired) electrons. The fourth-order valence-corrected chi connectivity index (χ4v) is 4.07. The molecule has 2 aliphatic heterocycles. The number of nitrogens with one attached hydrogen (secondary N) is 2. The maximum atomic E-state index is 12.2. The molecule has 30 heavy (non-hydrogen) atoms. The Morgan fingerprint density at radius 3 is 2.77 bits per heavy atom. The third-order valence-corrected chi connectivity index (χ3v) is 5.64. The lowest BCUT2D eigenvalue weighted by Gasteiger charge is -2.22. The fourth-order valence-electron chi connectivity index (χ4n) is 3.91. The van der Waals surface area contributed by atoms with Gasteiger partial charge in [0.25, 0.3) is 0 Å². The SMILES string of the molecule is CCNC(=NCCC(=O)N1CCCC1)NC1CCN(c2cc(Cl)ccc2OC)C1.I. The molecular weight excluding hydrogens is 517 g/mol. The second-order valence-electron chi connectivity index (χ2n) is 7.49. The number of rotatable bonds is 7. The van der Waals surface area contributed by atoms with Gasteiger partial charge >= 0.3 is 0 Å². The Hall–Kier alpha value is -1.42. The predicted molar refractivity (Wildman–Crippen MR) is 134 cm³/mol. The maximum absolute atomic E-state index is 12.2. The van der Waals surface area contributed by atoms with Crippen LogP contribution in [0.25, 0.3) is 0 Å². The number of carbonyl (C=O) groups excluding carboxylic acids is 1. The average molecular weight is 550 g/mol. The number of methoxy groups -OCH3 is 1.